The van der Waals surface area contributed by atoms with Crippen molar-refractivity contribution in [2.45, 2.75) is 20.0 Å². The first-order valence-corrected chi connectivity index (χ1v) is 7.17. The van der Waals surface area contributed by atoms with Crippen molar-refractivity contribution in [3.8, 4) is 0 Å². The number of aromatic nitrogens is 2. The second-order valence-electron chi connectivity index (χ2n) is 4.04. The van der Waals surface area contributed by atoms with E-state index in [0.717, 1.165) is 17.7 Å². The van der Waals surface area contributed by atoms with Crippen LogP contribution in [0.4, 0.5) is 0 Å². The van der Waals surface area contributed by atoms with Crippen molar-refractivity contribution in [1.29, 1.82) is 0 Å². The Hall–Kier alpha value is -1.37. The molecule has 0 amide bonds. The topological polar surface area (TPSA) is 61.0 Å². The van der Waals surface area contributed by atoms with E-state index in [1.54, 1.807) is 17.5 Å². The van der Waals surface area contributed by atoms with E-state index >= 15 is 0 Å². The van der Waals surface area contributed by atoms with E-state index in [-0.39, 0.29) is 0 Å². The van der Waals surface area contributed by atoms with Gasteiger partial charge in [-0.15, -0.1) is 11.3 Å². The molecule has 0 unspecified atom stereocenters. The van der Waals surface area contributed by atoms with Crippen LogP contribution >= 0.6 is 23.6 Å². The standard InChI is InChI=1S/C13H15N3OS2/c1-9-11(19-8-16-9)4-6-17-7-10-3-2-5-15-12(10)13(14)18/h2-3,5,8H,4,6-7H2,1H3,(H2,14,18). The zero-order chi connectivity index (χ0) is 13.7. The molecule has 0 fully saturated rings. The van der Waals surface area contributed by atoms with Gasteiger partial charge in [0.25, 0.3) is 0 Å². The number of thiazole rings is 1. The highest BCUT2D eigenvalue weighted by atomic mass is 32.1. The normalized spacial score (nSPS) is 10.6. The Kier molecular flexibility index (Phi) is 4.95. The number of nitrogens with zero attached hydrogens (tertiary/aromatic N) is 2. The molecule has 0 saturated heterocycles. The maximum atomic E-state index is 5.66. The van der Waals surface area contributed by atoms with Crippen LogP contribution in [0.25, 0.3) is 0 Å². The van der Waals surface area contributed by atoms with Gasteiger partial charge < -0.3 is 10.5 Å². The molecule has 0 aromatic carbocycles. The van der Waals surface area contributed by atoms with Crippen LogP contribution in [0.1, 0.15) is 21.8 Å². The lowest BCUT2D eigenvalue weighted by Crippen LogP contribution is -2.15. The average molecular weight is 293 g/mol. The summed E-state index contributed by atoms with van der Waals surface area (Å²) in [4.78, 5) is 9.94. The molecule has 0 radical (unpaired) electrons. The number of nitrogens with two attached hydrogens (primary N) is 1. The van der Waals surface area contributed by atoms with Gasteiger partial charge in [-0.25, -0.2) is 4.98 Å². The first kappa shape index (κ1) is 14.0. The highest BCUT2D eigenvalue weighted by Gasteiger charge is 2.06. The lowest BCUT2D eigenvalue weighted by atomic mass is 10.2. The van der Waals surface area contributed by atoms with Crippen LogP contribution in [0.2, 0.25) is 0 Å². The fourth-order valence-electron chi connectivity index (χ4n) is 1.69. The van der Waals surface area contributed by atoms with Gasteiger partial charge in [-0.2, -0.15) is 0 Å². The number of ether oxygens (including phenoxy) is 1. The van der Waals surface area contributed by atoms with Gasteiger partial charge in [0.1, 0.15) is 10.7 Å². The van der Waals surface area contributed by atoms with Crippen LogP contribution in [0.3, 0.4) is 0 Å². The number of thiocarbonyl (C=S) groups is 1. The molecule has 6 heteroatoms. The molecule has 0 aliphatic heterocycles. The summed E-state index contributed by atoms with van der Waals surface area (Å²) in [5.41, 5.74) is 10.1. The molecule has 0 atom stereocenters. The summed E-state index contributed by atoms with van der Waals surface area (Å²) in [6.45, 7) is 3.13. The van der Waals surface area contributed by atoms with Gasteiger partial charge in [0.2, 0.25) is 0 Å². The molecule has 19 heavy (non-hydrogen) atoms. The van der Waals surface area contributed by atoms with Gasteiger partial charge in [0.15, 0.2) is 0 Å². The van der Waals surface area contributed by atoms with Crippen LogP contribution in [-0.4, -0.2) is 21.6 Å². The fraction of sp³-hybridized carbons (Fsp3) is 0.308. The van der Waals surface area contributed by atoms with Crippen LogP contribution in [0, 0.1) is 6.92 Å². The molecule has 2 aromatic rings. The van der Waals surface area contributed by atoms with Gasteiger partial charge >= 0.3 is 0 Å². The van der Waals surface area contributed by atoms with E-state index in [4.69, 9.17) is 22.7 Å². The summed E-state index contributed by atoms with van der Waals surface area (Å²) in [5, 5.41) is 0. The Morgan fingerprint density at radius 2 is 2.32 bits per heavy atom. The molecule has 2 rings (SSSR count). The molecule has 2 N–H and O–H groups in total. The minimum Gasteiger partial charge on any atom is -0.388 e. The van der Waals surface area contributed by atoms with Crippen molar-refractivity contribution >= 4 is 28.5 Å². The Morgan fingerprint density at radius 1 is 1.47 bits per heavy atom. The van der Waals surface area contributed by atoms with Crippen molar-refractivity contribution in [2.75, 3.05) is 6.61 Å². The third kappa shape index (κ3) is 3.79. The van der Waals surface area contributed by atoms with Gasteiger partial charge in [0.05, 0.1) is 24.4 Å². The SMILES string of the molecule is Cc1ncsc1CCOCc1cccnc1C(N)=S. The first-order chi connectivity index (χ1) is 9.18. The highest BCUT2D eigenvalue weighted by molar-refractivity contribution is 7.80. The third-order valence-corrected chi connectivity index (χ3v) is 3.89. The van der Waals surface area contributed by atoms with E-state index in [2.05, 4.69) is 9.97 Å². The second kappa shape index (κ2) is 6.70. The summed E-state index contributed by atoms with van der Waals surface area (Å²) >= 11 is 6.62. The van der Waals surface area contributed by atoms with Gasteiger partial charge in [-0.3, -0.25) is 4.98 Å². The number of hydrogen-bond donors (Lipinski definition) is 1. The van der Waals surface area contributed by atoms with Crippen LogP contribution in [0.5, 0.6) is 0 Å². The van der Waals surface area contributed by atoms with Crippen molar-refractivity contribution < 1.29 is 4.74 Å². The van der Waals surface area contributed by atoms with Crippen molar-refractivity contribution in [3.63, 3.8) is 0 Å². The Balaban J connectivity index is 1.86. The van der Waals surface area contributed by atoms with E-state index < -0.39 is 0 Å². The monoisotopic (exact) mass is 293 g/mol. The summed E-state index contributed by atoms with van der Waals surface area (Å²) in [6.07, 6.45) is 2.55. The number of aryl methyl sites for hydroxylation is 1. The minimum absolute atomic E-state index is 0.303. The molecule has 2 heterocycles. The average Bonchev–Trinajstić information content (AvgIpc) is 2.80. The Labute approximate surface area is 121 Å². The molecule has 4 nitrogen and oxygen atoms in total. The predicted octanol–water partition coefficient (Wildman–Crippen LogP) is 2.24. The van der Waals surface area contributed by atoms with Crippen LogP contribution < -0.4 is 5.73 Å². The molecule has 0 bridgehead atoms. The van der Waals surface area contributed by atoms with Gasteiger partial charge in [-0.05, 0) is 13.0 Å². The summed E-state index contributed by atoms with van der Waals surface area (Å²) in [6, 6.07) is 3.78. The maximum Gasteiger partial charge on any atom is 0.123 e. The first-order valence-electron chi connectivity index (χ1n) is 5.89. The molecule has 0 saturated carbocycles. The summed E-state index contributed by atoms with van der Waals surface area (Å²) < 4.78 is 5.66. The minimum atomic E-state index is 0.303. The van der Waals surface area contributed by atoms with Gasteiger partial charge in [0, 0.05) is 23.1 Å². The van der Waals surface area contributed by atoms with E-state index in [9.17, 15) is 0 Å². The lowest BCUT2D eigenvalue weighted by Gasteiger charge is -2.07. The Bertz CT molecular complexity index is 569. The molecule has 0 aliphatic rings. The van der Waals surface area contributed by atoms with E-state index in [1.165, 1.54) is 4.88 Å². The zero-order valence-corrected chi connectivity index (χ0v) is 12.3. The van der Waals surface area contributed by atoms with E-state index in [0.29, 0.717) is 23.9 Å². The summed E-state index contributed by atoms with van der Waals surface area (Å²) in [7, 11) is 0. The Morgan fingerprint density at radius 3 is 3.00 bits per heavy atom. The largest absolute Gasteiger partial charge is 0.388 e. The van der Waals surface area contributed by atoms with Crippen molar-refractivity contribution in [1.82, 2.24) is 9.97 Å². The van der Waals surface area contributed by atoms with Crippen LogP contribution in [-0.2, 0) is 17.8 Å². The lowest BCUT2D eigenvalue weighted by molar-refractivity contribution is 0.124. The number of rotatable bonds is 6. The quantitative estimate of drug-likeness (QED) is 0.654. The molecule has 100 valence electrons. The molecule has 2 aromatic heterocycles. The highest BCUT2D eigenvalue weighted by Crippen LogP contribution is 2.13. The third-order valence-electron chi connectivity index (χ3n) is 2.70. The van der Waals surface area contributed by atoms with Crippen molar-refractivity contribution in [3.05, 3.63) is 45.7 Å². The van der Waals surface area contributed by atoms with Gasteiger partial charge in [-0.1, -0.05) is 18.3 Å². The van der Waals surface area contributed by atoms with E-state index in [1.807, 2.05) is 24.6 Å². The molecular formula is C13H15N3OS2. The zero-order valence-electron chi connectivity index (χ0n) is 10.6. The second-order valence-corrected chi connectivity index (χ2v) is 5.42. The number of hydrogen-bond acceptors (Lipinski definition) is 5. The summed E-state index contributed by atoms with van der Waals surface area (Å²) in [5.74, 6) is 0. The van der Waals surface area contributed by atoms with Crippen molar-refractivity contribution in [2.24, 2.45) is 5.73 Å². The predicted molar refractivity (Wildman–Crippen MR) is 80.3 cm³/mol. The number of pyridine rings is 1. The molecular weight excluding hydrogens is 278 g/mol. The maximum absolute atomic E-state index is 5.66. The van der Waals surface area contributed by atoms with Crippen LogP contribution in [0.15, 0.2) is 23.8 Å². The molecule has 0 spiro atoms. The fourth-order valence-corrected chi connectivity index (χ4v) is 2.64. The molecule has 0 aliphatic carbocycles. The smallest absolute Gasteiger partial charge is 0.123 e.